The van der Waals surface area contributed by atoms with Gasteiger partial charge in [0.05, 0.1) is 0 Å². The van der Waals surface area contributed by atoms with Gasteiger partial charge in [0.25, 0.3) is 0 Å². The Bertz CT molecular complexity index is 1690. The lowest BCUT2D eigenvalue weighted by Crippen LogP contribution is -2.30. The molecule has 0 heterocycles. The van der Waals surface area contributed by atoms with Crippen LogP contribution >= 0.6 is 0 Å². The standard InChI is InChI=1S/C65H98O6/c1-4-7-10-13-16-19-22-25-28-30-32-34-37-39-42-45-48-51-54-57-63(66)69-60-62(71-65(68)59-56-53-50-47-44-41-36-27-24-21-18-15-12-9-6-3)61-70-64(67)58-55-52-49-46-43-40-38-35-33-31-29-26-23-20-17-14-11-8-5-2/h7-12,16-21,25-29,32-36,39-40,42-43,48,51,62H,4-6,13-15,22-24,30-31,37-38,41,44-47,49-50,52-61H2,1-3H3. The van der Waals surface area contributed by atoms with Gasteiger partial charge in [0.1, 0.15) is 13.2 Å². The van der Waals surface area contributed by atoms with Gasteiger partial charge in [0.15, 0.2) is 6.10 Å². The van der Waals surface area contributed by atoms with E-state index in [2.05, 4.69) is 179 Å². The first-order valence-electron chi connectivity index (χ1n) is 27.6. The van der Waals surface area contributed by atoms with Gasteiger partial charge in [-0.25, -0.2) is 0 Å². The molecule has 6 heteroatoms. The van der Waals surface area contributed by atoms with Gasteiger partial charge >= 0.3 is 17.9 Å². The molecule has 0 aliphatic carbocycles. The van der Waals surface area contributed by atoms with E-state index in [0.29, 0.717) is 12.8 Å². The van der Waals surface area contributed by atoms with Crippen LogP contribution in [-0.2, 0) is 28.6 Å². The molecule has 71 heavy (non-hydrogen) atoms. The fraction of sp³-hybridized carbons (Fsp3) is 0.523. The Labute approximate surface area is 434 Å². The highest BCUT2D eigenvalue weighted by molar-refractivity contribution is 5.71. The lowest BCUT2D eigenvalue weighted by atomic mass is 10.1. The van der Waals surface area contributed by atoms with Crippen LogP contribution in [-0.4, -0.2) is 37.2 Å². The summed E-state index contributed by atoms with van der Waals surface area (Å²) in [5.41, 5.74) is 0. The quantitative estimate of drug-likeness (QED) is 0.0262. The molecule has 0 spiro atoms. The number of rotatable bonds is 47. The van der Waals surface area contributed by atoms with Crippen molar-refractivity contribution in [1.29, 1.82) is 0 Å². The molecule has 0 saturated carbocycles. The minimum atomic E-state index is -0.842. The Morgan fingerprint density at radius 1 is 0.282 bits per heavy atom. The second kappa shape index (κ2) is 57.3. The van der Waals surface area contributed by atoms with E-state index in [9.17, 15) is 14.4 Å². The molecule has 6 nitrogen and oxygen atoms in total. The molecular weight excluding hydrogens is 877 g/mol. The largest absolute Gasteiger partial charge is 0.462 e. The molecule has 0 aliphatic rings. The second-order valence-corrected chi connectivity index (χ2v) is 17.3. The van der Waals surface area contributed by atoms with Crippen molar-refractivity contribution < 1.29 is 28.6 Å². The number of hydrogen-bond acceptors (Lipinski definition) is 6. The van der Waals surface area contributed by atoms with Crippen molar-refractivity contribution in [2.45, 2.75) is 207 Å². The Morgan fingerprint density at radius 3 is 0.887 bits per heavy atom. The fourth-order valence-corrected chi connectivity index (χ4v) is 6.68. The molecule has 394 valence electrons. The Hall–Kier alpha value is -5.23. The highest BCUT2D eigenvalue weighted by Crippen LogP contribution is 2.11. The van der Waals surface area contributed by atoms with Crippen molar-refractivity contribution >= 4 is 17.9 Å². The van der Waals surface area contributed by atoms with Crippen LogP contribution in [0.4, 0.5) is 0 Å². The first-order chi connectivity index (χ1) is 35.0. The van der Waals surface area contributed by atoms with Gasteiger partial charge in [-0.2, -0.15) is 0 Å². The highest BCUT2D eigenvalue weighted by Gasteiger charge is 2.19. The molecule has 0 aromatic heterocycles. The molecule has 1 atom stereocenters. The van der Waals surface area contributed by atoms with Gasteiger partial charge in [0.2, 0.25) is 0 Å². The van der Waals surface area contributed by atoms with Crippen LogP contribution in [0.5, 0.6) is 0 Å². The van der Waals surface area contributed by atoms with E-state index < -0.39 is 6.10 Å². The molecule has 0 N–H and O–H groups in total. The van der Waals surface area contributed by atoms with Crippen LogP contribution < -0.4 is 0 Å². The van der Waals surface area contributed by atoms with E-state index in [4.69, 9.17) is 14.2 Å². The number of allylic oxidation sites excluding steroid dienone is 28. The molecule has 0 saturated heterocycles. The predicted octanol–water partition coefficient (Wildman–Crippen LogP) is 18.8. The fourth-order valence-electron chi connectivity index (χ4n) is 6.68. The first kappa shape index (κ1) is 65.8. The molecule has 0 aromatic rings. The average Bonchev–Trinajstić information content (AvgIpc) is 3.37. The molecule has 0 aliphatic heterocycles. The summed E-state index contributed by atoms with van der Waals surface area (Å²) < 4.78 is 16.7. The molecule has 0 aromatic carbocycles. The zero-order valence-electron chi connectivity index (χ0n) is 44.9. The van der Waals surface area contributed by atoms with Gasteiger partial charge in [-0.3, -0.25) is 14.4 Å². The summed E-state index contributed by atoms with van der Waals surface area (Å²) in [6.07, 6.45) is 84.9. The zero-order chi connectivity index (χ0) is 51.4. The van der Waals surface area contributed by atoms with Crippen LogP contribution in [0.2, 0.25) is 0 Å². The number of carbonyl (C=O) groups is 3. The third-order valence-electron chi connectivity index (χ3n) is 10.7. The Morgan fingerprint density at radius 2 is 0.535 bits per heavy atom. The minimum Gasteiger partial charge on any atom is -0.462 e. The molecule has 1 unspecified atom stereocenters. The van der Waals surface area contributed by atoms with Gasteiger partial charge in [0, 0.05) is 19.3 Å². The van der Waals surface area contributed by atoms with E-state index in [-0.39, 0.29) is 44.0 Å². The van der Waals surface area contributed by atoms with Crippen molar-refractivity contribution in [3.05, 3.63) is 170 Å². The van der Waals surface area contributed by atoms with Crippen molar-refractivity contribution in [1.82, 2.24) is 0 Å². The molecule has 0 rings (SSSR count). The van der Waals surface area contributed by atoms with Gasteiger partial charge in [-0.1, -0.05) is 217 Å². The zero-order valence-corrected chi connectivity index (χ0v) is 44.9. The maximum Gasteiger partial charge on any atom is 0.306 e. The normalized spacial score (nSPS) is 13.5. The third kappa shape index (κ3) is 55.6. The van der Waals surface area contributed by atoms with Crippen LogP contribution in [0.1, 0.15) is 201 Å². The van der Waals surface area contributed by atoms with Gasteiger partial charge < -0.3 is 14.2 Å². The monoisotopic (exact) mass is 975 g/mol. The van der Waals surface area contributed by atoms with E-state index >= 15 is 0 Å². The van der Waals surface area contributed by atoms with E-state index in [1.165, 1.54) is 0 Å². The van der Waals surface area contributed by atoms with E-state index in [0.717, 1.165) is 154 Å². The first-order valence-corrected chi connectivity index (χ1v) is 27.6. The van der Waals surface area contributed by atoms with Crippen LogP contribution in [0.3, 0.4) is 0 Å². The lowest BCUT2D eigenvalue weighted by Gasteiger charge is -2.18. The van der Waals surface area contributed by atoms with Crippen LogP contribution in [0.25, 0.3) is 0 Å². The summed E-state index contributed by atoms with van der Waals surface area (Å²) >= 11 is 0. The summed E-state index contributed by atoms with van der Waals surface area (Å²) in [6.45, 7) is 6.16. The SMILES string of the molecule is CCC=CCC=CCC=CCC=CCC=CCC=CCCC(=O)OCC(COC(=O)CCCCCC=CCC=CCC=CCC=CCC=CCC)OC(=O)CCCCCCCC=CCC=CCC=CCC. The number of unbranched alkanes of at least 4 members (excludes halogenated alkanes) is 8. The van der Waals surface area contributed by atoms with Crippen molar-refractivity contribution in [3.8, 4) is 0 Å². The number of hydrogen-bond donors (Lipinski definition) is 0. The number of ether oxygens (including phenoxy) is 3. The Balaban J connectivity index is 4.62. The smallest absolute Gasteiger partial charge is 0.306 e. The summed E-state index contributed by atoms with van der Waals surface area (Å²) in [5, 5.41) is 0. The van der Waals surface area contributed by atoms with E-state index in [1.54, 1.807) is 0 Å². The minimum absolute atomic E-state index is 0.135. The van der Waals surface area contributed by atoms with Gasteiger partial charge in [-0.15, -0.1) is 0 Å². The summed E-state index contributed by atoms with van der Waals surface area (Å²) in [5.74, 6) is -1.08. The second-order valence-electron chi connectivity index (χ2n) is 17.3. The van der Waals surface area contributed by atoms with E-state index in [1.807, 2.05) is 12.2 Å². The lowest BCUT2D eigenvalue weighted by molar-refractivity contribution is -0.166. The summed E-state index contributed by atoms with van der Waals surface area (Å²) in [7, 11) is 0. The van der Waals surface area contributed by atoms with Crippen molar-refractivity contribution in [2.24, 2.45) is 0 Å². The van der Waals surface area contributed by atoms with Gasteiger partial charge in [-0.05, 0) is 135 Å². The third-order valence-corrected chi connectivity index (χ3v) is 10.7. The Kier molecular flexibility index (Phi) is 53.1. The van der Waals surface area contributed by atoms with Crippen molar-refractivity contribution in [3.63, 3.8) is 0 Å². The molecule has 0 radical (unpaired) electrons. The predicted molar refractivity (Wildman–Crippen MR) is 306 cm³/mol. The summed E-state index contributed by atoms with van der Waals surface area (Å²) in [6, 6.07) is 0. The van der Waals surface area contributed by atoms with Crippen LogP contribution in [0, 0.1) is 0 Å². The maximum atomic E-state index is 12.8. The molecule has 0 amide bonds. The molecule has 0 fully saturated rings. The highest BCUT2D eigenvalue weighted by atomic mass is 16.6. The maximum absolute atomic E-state index is 12.8. The summed E-state index contributed by atoms with van der Waals surface area (Å²) in [4.78, 5) is 38.1. The average molecular weight is 975 g/mol. The van der Waals surface area contributed by atoms with Crippen LogP contribution in [0.15, 0.2) is 170 Å². The molecular formula is C65H98O6. The number of carbonyl (C=O) groups excluding carboxylic acids is 3. The number of esters is 3. The topological polar surface area (TPSA) is 78.9 Å². The van der Waals surface area contributed by atoms with Crippen molar-refractivity contribution in [2.75, 3.05) is 13.2 Å². The molecule has 0 bridgehead atoms.